The highest BCUT2D eigenvalue weighted by molar-refractivity contribution is 6.02. The van der Waals surface area contributed by atoms with Gasteiger partial charge in [0.1, 0.15) is 18.2 Å². The van der Waals surface area contributed by atoms with Crippen LogP contribution in [0, 0.1) is 0 Å². The van der Waals surface area contributed by atoms with Crippen LogP contribution >= 0.6 is 0 Å². The van der Waals surface area contributed by atoms with E-state index < -0.39 is 23.6 Å². The summed E-state index contributed by atoms with van der Waals surface area (Å²) >= 11 is 0. The van der Waals surface area contributed by atoms with Crippen molar-refractivity contribution in [1.29, 1.82) is 0 Å². The minimum absolute atomic E-state index is 0.118. The van der Waals surface area contributed by atoms with Crippen molar-refractivity contribution in [2.45, 2.75) is 45.3 Å². The van der Waals surface area contributed by atoms with Crippen LogP contribution in [-0.4, -0.2) is 64.9 Å². The molecule has 0 aromatic heterocycles. The Labute approximate surface area is 128 Å². The van der Waals surface area contributed by atoms with Gasteiger partial charge in [0.15, 0.2) is 0 Å². The summed E-state index contributed by atoms with van der Waals surface area (Å²) in [5, 5.41) is 2.24. The summed E-state index contributed by atoms with van der Waals surface area (Å²) in [4.78, 5) is 49.9. The van der Waals surface area contributed by atoms with Gasteiger partial charge in [-0.15, -0.1) is 0 Å². The van der Waals surface area contributed by atoms with Gasteiger partial charge in [0, 0.05) is 19.5 Å². The van der Waals surface area contributed by atoms with Crippen LogP contribution in [0.2, 0.25) is 0 Å². The molecule has 8 heteroatoms. The average Bonchev–Trinajstić information content (AvgIpc) is 2.37. The van der Waals surface area contributed by atoms with Crippen molar-refractivity contribution in [2.75, 3.05) is 19.6 Å². The summed E-state index contributed by atoms with van der Waals surface area (Å²) in [5.41, 5.74) is -0.624. The fourth-order valence-electron chi connectivity index (χ4n) is 2.48. The molecule has 0 spiro atoms. The van der Waals surface area contributed by atoms with Crippen LogP contribution in [0.3, 0.4) is 0 Å². The number of piperidine rings is 1. The highest BCUT2D eigenvalue weighted by Crippen LogP contribution is 2.17. The van der Waals surface area contributed by atoms with E-state index in [9.17, 15) is 19.2 Å². The summed E-state index contributed by atoms with van der Waals surface area (Å²) in [6.45, 7) is 5.71. The van der Waals surface area contributed by atoms with Crippen LogP contribution in [0.4, 0.5) is 4.79 Å². The van der Waals surface area contributed by atoms with Crippen molar-refractivity contribution >= 4 is 23.8 Å². The Morgan fingerprint density at radius 2 is 1.91 bits per heavy atom. The molecule has 1 atom stereocenters. The first-order valence-electron chi connectivity index (χ1n) is 7.28. The molecular weight excluding hydrogens is 290 g/mol. The largest absolute Gasteiger partial charge is 0.444 e. The third-order valence-corrected chi connectivity index (χ3v) is 3.50. The zero-order chi connectivity index (χ0) is 16.5. The molecule has 4 amide bonds. The van der Waals surface area contributed by atoms with Gasteiger partial charge in [0.05, 0.1) is 0 Å². The molecule has 122 valence electrons. The zero-order valence-electron chi connectivity index (χ0n) is 13.0. The normalized spacial score (nSPS) is 23.4. The zero-order valence-corrected chi connectivity index (χ0v) is 13.0. The highest BCUT2D eigenvalue weighted by atomic mass is 16.6. The lowest BCUT2D eigenvalue weighted by molar-refractivity contribution is -0.148. The Morgan fingerprint density at radius 1 is 1.23 bits per heavy atom. The van der Waals surface area contributed by atoms with E-state index in [0.717, 1.165) is 0 Å². The third-order valence-electron chi connectivity index (χ3n) is 3.50. The van der Waals surface area contributed by atoms with Crippen molar-refractivity contribution in [2.24, 2.45) is 0 Å². The first-order chi connectivity index (χ1) is 10.2. The Balaban J connectivity index is 1.96. The molecule has 8 nitrogen and oxygen atoms in total. The number of rotatable bonds is 1. The van der Waals surface area contributed by atoms with Crippen molar-refractivity contribution in [3.63, 3.8) is 0 Å². The summed E-state index contributed by atoms with van der Waals surface area (Å²) in [6, 6.07) is -0.633. The first kappa shape index (κ1) is 16.3. The van der Waals surface area contributed by atoms with Crippen LogP contribution in [0.5, 0.6) is 0 Å². The van der Waals surface area contributed by atoms with E-state index in [1.165, 1.54) is 9.80 Å². The lowest BCUT2D eigenvalue weighted by Crippen LogP contribution is -2.61. The van der Waals surface area contributed by atoms with Gasteiger partial charge in [0.25, 0.3) is 0 Å². The van der Waals surface area contributed by atoms with Gasteiger partial charge in [-0.25, -0.2) is 4.79 Å². The standard InChI is InChI=1S/C14H21N3O5/c1-14(2,3)22-13(21)16-6-7-17(11(19)8-16)9-4-5-10(18)15-12(9)20/h9H,4-8H2,1-3H3,(H,15,18,20). The summed E-state index contributed by atoms with van der Waals surface area (Å²) in [5.74, 6) is -1.08. The SMILES string of the molecule is CC(C)(C)OC(=O)N1CCN(C2CCC(=O)NC2=O)C(=O)C1. The van der Waals surface area contributed by atoms with Crippen LogP contribution in [0.15, 0.2) is 0 Å². The van der Waals surface area contributed by atoms with Gasteiger partial charge >= 0.3 is 6.09 Å². The van der Waals surface area contributed by atoms with E-state index in [1.54, 1.807) is 20.8 Å². The van der Waals surface area contributed by atoms with E-state index in [4.69, 9.17) is 4.74 Å². The molecule has 2 rings (SSSR count). The third kappa shape index (κ3) is 3.75. The minimum Gasteiger partial charge on any atom is -0.444 e. The van der Waals surface area contributed by atoms with Gasteiger partial charge in [-0.3, -0.25) is 24.6 Å². The van der Waals surface area contributed by atoms with Crippen LogP contribution in [0.25, 0.3) is 0 Å². The van der Waals surface area contributed by atoms with Gasteiger partial charge < -0.3 is 9.64 Å². The Hall–Kier alpha value is -2.12. The van der Waals surface area contributed by atoms with Gasteiger partial charge in [-0.1, -0.05) is 0 Å². The maximum atomic E-state index is 12.2. The number of nitrogens with one attached hydrogen (secondary N) is 1. The second-order valence-corrected chi connectivity index (χ2v) is 6.46. The van der Waals surface area contributed by atoms with Crippen molar-refractivity contribution in [3.05, 3.63) is 0 Å². The Kier molecular flexibility index (Phi) is 4.39. The summed E-state index contributed by atoms with van der Waals surface area (Å²) in [7, 11) is 0. The number of hydrogen-bond acceptors (Lipinski definition) is 5. The molecular formula is C14H21N3O5. The number of ether oxygens (including phenoxy) is 1. The fraction of sp³-hybridized carbons (Fsp3) is 0.714. The summed E-state index contributed by atoms with van der Waals surface area (Å²) < 4.78 is 5.23. The lowest BCUT2D eigenvalue weighted by atomic mass is 10.0. The highest BCUT2D eigenvalue weighted by Gasteiger charge is 2.38. The van der Waals surface area contributed by atoms with Gasteiger partial charge in [-0.2, -0.15) is 0 Å². The average molecular weight is 311 g/mol. The summed E-state index contributed by atoms with van der Waals surface area (Å²) in [6.07, 6.45) is 0.00231. The quantitative estimate of drug-likeness (QED) is 0.681. The van der Waals surface area contributed by atoms with Crippen molar-refractivity contribution in [1.82, 2.24) is 15.1 Å². The molecule has 2 saturated heterocycles. The smallest absolute Gasteiger partial charge is 0.410 e. The van der Waals surface area contributed by atoms with E-state index in [0.29, 0.717) is 13.0 Å². The predicted octanol–water partition coefficient (Wildman–Crippen LogP) is -0.129. The Bertz CT molecular complexity index is 511. The molecule has 1 unspecified atom stereocenters. The molecule has 0 aromatic carbocycles. The molecule has 0 bridgehead atoms. The molecule has 2 aliphatic heterocycles. The van der Waals surface area contributed by atoms with Crippen LogP contribution < -0.4 is 5.32 Å². The van der Waals surface area contributed by atoms with Crippen LogP contribution in [0.1, 0.15) is 33.6 Å². The monoisotopic (exact) mass is 311 g/mol. The van der Waals surface area contributed by atoms with Crippen molar-refractivity contribution < 1.29 is 23.9 Å². The number of carbonyl (C=O) groups is 4. The molecule has 0 saturated carbocycles. The number of amides is 4. The second kappa shape index (κ2) is 5.94. The number of piperazine rings is 1. The number of nitrogens with zero attached hydrogens (tertiary/aromatic N) is 2. The molecule has 2 fully saturated rings. The number of hydrogen-bond donors (Lipinski definition) is 1. The Morgan fingerprint density at radius 3 is 2.45 bits per heavy atom. The maximum absolute atomic E-state index is 12.2. The van der Waals surface area contributed by atoms with E-state index >= 15 is 0 Å². The number of carbonyl (C=O) groups excluding carboxylic acids is 4. The molecule has 2 aliphatic rings. The van der Waals surface area contributed by atoms with E-state index in [1.807, 2.05) is 0 Å². The molecule has 0 radical (unpaired) electrons. The fourth-order valence-corrected chi connectivity index (χ4v) is 2.48. The molecule has 1 N–H and O–H groups in total. The molecule has 0 aromatic rings. The first-order valence-corrected chi connectivity index (χ1v) is 7.28. The molecule has 22 heavy (non-hydrogen) atoms. The second-order valence-electron chi connectivity index (χ2n) is 6.46. The van der Waals surface area contributed by atoms with Crippen LogP contribution in [-0.2, 0) is 19.1 Å². The molecule has 0 aliphatic carbocycles. The topological polar surface area (TPSA) is 96.0 Å². The van der Waals surface area contributed by atoms with Gasteiger partial charge in [-0.05, 0) is 27.2 Å². The maximum Gasteiger partial charge on any atom is 0.410 e. The minimum atomic E-state index is -0.633. The lowest BCUT2D eigenvalue weighted by Gasteiger charge is -2.39. The van der Waals surface area contributed by atoms with E-state index in [2.05, 4.69) is 5.32 Å². The van der Waals surface area contributed by atoms with Gasteiger partial charge in [0.2, 0.25) is 17.7 Å². The predicted molar refractivity (Wildman–Crippen MR) is 75.7 cm³/mol. The molecule has 2 heterocycles. The van der Waals surface area contributed by atoms with Crippen molar-refractivity contribution in [3.8, 4) is 0 Å². The number of imide groups is 1. The van der Waals surface area contributed by atoms with E-state index in [-0.39, 0.29) is 31.3 Å².